The van der Waals surface area contributed by atoms with E-state index in [0.29, 0.717) is 19.2 Å². The molecule has 2 heterocycles. The van der Waals surface area contributed by atoms with Crippen LogP contribution in [0.1, 0.15) is 24.2 Å². The molecule has 1 aromatic rings. The average molecular weight is 239 g/mol. The number of ketones is 1. The highest BCUT2D eigenvalue weighted by molar-refractivity contribution is 7.08. The van der Waals surface area contributed by atoms with Gasteiger partial charge in [-0.25, -0.2) is 0 Å². The third-order valence-corrected chi connectivity index (χ3v) is 3.61. The Morgan fingerprint density at radius 3 is 3.06 bits per heavy atom. The van der Waals surface area contributed by atoms with Crippen LogP contribution in [0.4, 0.5) is 0 Å². The van der Waals surface area contributed by atoms with Crippen molar-refractivity contribution in [1.82, 2.24) is 4.90 Å². The molecule has 0 spiro atoms. The molecule has 88 valence electrons. The SMILES string of the molecule is CC(C)N1CCOC(C(=O)c2ccsc2)C1. The molecular weight excluding hydrogens is 222 g/mol. The summed E-state index contributed by atoms with van der Waals surface area (Å²) in [4.78, 5) is 14.4. The van der Waals surface area contributed by atoms with E-state index in [-0.39, 0.29) is 11.9 Å². The molecule has 1 unspecified atom stereocenters. The smallest absolute Gasteiger partial charge is 0.193 e. The standard InChI is InChI=1S/C12H17NO2S/c1-9(2)13-4-5-15-11(7-13)12(14)10-3-6-16-8-10/h3,6,8-9,11H,4-5,7H2,1-2H3. The zero-order valence-corrected chi connectivity index (χ0v) is 10.5. The van der Waals surface area contributed by atoms with Crippen molar-refractivity contribution in [2.45, 2.75) is 26.0 Å². The van der Waals surface area contributed by atoms with Crippen molar-refractivity contribution in [3.63, 3.8) is 0 Å². The summed E-state index contributed by atoms with van der Waals surface area (Å²) in [6, 6.07) is 2.34. The van der Waals surface area contributed by atoms with Crippen LogP contribution in [0.3, 0.4) is 0 Å². The lowest BCUT2D eigenvalue weighted by molar-refractivity contribution is -0.0255. The van der Waals surface area contributed by atoms with Gasteiger partial charge < -0.3 is 4.74 Å². The van der Waals surface area contributed by atoms with E-state index >= 15 is 0 Å². The normalized spacial score (nSPS) is 22.6. The molecule has 0 radical (unpaired) electrons. The third-order valence-electron chi connectivity index (χ3n) is 2.93. The second-order valence-corrected chi connectivity index (χ2v) is 5.10. The van der Waals surface area contributed by atoms with Crippen LogP contribution in [-0.2, 0) is 4.74 Å². The van der Waals surface area contributed by atoms with Crippen molar-refractivity contribution in [3.05, 3.63) is 22.4 Å². The Morgan fingerprint density at radius 2 is 2.44 bits per heavy atom. The minimum atomic E-state index is -0.286. The molecule has 0 N–H and O–H groups in total. The van der Waals surface area contributed by atoms with Gasteiger partial charge in [-0.15, -0.1) is 0 Å². The third kappa shape index (κ3) is 2.51. The molecule has 0 amide bonds. The summed E-state index contributed by atoms with van der Waals surface area (Å²) in [5.41, 5.74) is 0.778. The molecule has 0 aliphatic carbocycles. The largest absolute Gasteiger partial charge is 0.367 e. The van der Waals surface area contributed by atoms with Crippen molar-refractivity contribution in [2.75, 3.05) is 19.7 Å². The van der Waals surface area contributed by atoms with E-state index in [9.17, 15) is 4.79 Å². The molecule has 1 saturated heterocycles. The number of rotatable bonds is 3. The van der Waals surface area contributed by atoms with Crippen LogP contribution in [-0.4, -0.2) is 42.5 Å². The predicted molar refractivity (Wildman–Crippen MR) is 65.1 cm³/mol. The summed E-state index contributed by atoms with van der Waals surface area (Å²) in [7, 11) is 0. The second kappa shape index (κ2) is 5.08. The lowest BCUT2D eigenvalue weighted by atomic mass is 10.1. The zero-order chi connectivity index (χ0) is 11.5. The number of hydrogen-bond acceptors (Lipinski definition) is 4. The first-order valence-electron chi connectivity index (χ1n) is 5.60. The van der Waals surface area contributed by atoms with Crippen molar-refractivity contribution in [3.8, 4) is 0 Å². The number of ether oxygens (including phenoxy) is 1. The molecule has 3 nitrogen and oxygen atoms in total. The van der Waals surface area contributed by atoms with E-state index in [0.717, 1.165) is 12.1 Å². The number of carbonyl (C=O) groups is 1. The lowest BCUT2D eigenvalue weighted by Crippen LogP contribution is -2.48. The van der Waals surface area contributed by atoms with Gasteiger partial charge in [0.25, 0.3) is 0 Å². The van der Waals surface area contributed by atoms with Crippen LogP contribution in [0.5, 0.6) is 0 Å². The van der Waals surface area contributed by atoms with Gasteiger partial charge in [0.15, 0.2) is 5.78 Å². The fraction of sp³-hybridized carbons (Fsp3) is 0.583. The van der Waals surface area contributed by atoms with Gasteiger partial charge in [0.05, 0.1) is 6.61 Å². The number of morpholine rings is 1. The summed E-state index contributed by atoms with van der Waals surface area (Å²) in [5.74, 6) is 0.117. The highest BCUT2D eigenvalue weighted by Gasteiger charge is 2.28. The minimum Gasteiger partial charge on any atom is -0.367 e. The molecule has 4 heteroatoms. The number of thiophene rings is 1. The minimum absolute atomic E-state index is 0.117. The van der Waals surface area contributed by atoms with Gasteiger partial charge in [0, 0.05) is 30.1 Å². The quantitative estimate of drug-likeness (QED) is 0.756. The Kier molecular flexibility index (Phi) is 3.74. The Hall–Kier alpha value is -0.710. The first-order valence-corrected chi connectivity index (χ1v) is 6.55. The molecule has 0 aromatic carbocycles. The number of Topliss-reactive ketones (excluding diaryl/α,β-unsaturated/α-hetero) is 1. The van der Waals surface area contributed by atoms with Gasteiger partial charge in [0.2, 0.25) is 0 Å². The topological polar surface area (TPSA) is 29.5 Å². The van der Waals surface area contributed by atoms with Gasteiger partial charge in [0.1, 0.15) is 6.10 Å². The highest BCUT2D eigenvalue weighted by Crippen LogP contribution is 2.15. The molecule has 0 bridgehead atoms. The summed E-state index contributed by atoms with van der Waals surface area (Å²) in [5, 5.41) is 3.82. The monoisotopic (exact) mass is 239 g/mol. The molecule has 1 fully saturated rings. The van der Waals surface area contributed by atoms with Gasteiger partial charge in [-0.3, -0.25) is 9.69 Å². The Balaban J connectivity index is 2.02. The number of carbonyl (C=O) groups excluding carboxylic acids is 1. The van der Waals surface area contributed by atoms with Crippen LogP contribution in [0.15, 0.2) is 16.8 Å². The fourth-order valence-electron chi connectivity index (χ4n) is 1.89. The Labute approximate surface area is 100 Å². The molecule has 0 saturated carbocycles. The summed E-state index contributed by atoms with van der Waals surface area (Å²) in [6.07, 6.45) is -0.286. The van der Waals surface area contributed by atoms with E-state index in [2.05, 4.69) is 18.7 Å². The van der Waals surface area contributed by atoms with Gasteiger partial charge in [-0.05, 0) is 25.3 Å². The van der Waals surface area contributed by atoms with Gasteiger partial charge in [-0.2, -0.15) is 11.3 Å². The fourth-order valence-corrected chi connectivity index (χ4v) is 2.53. The summed E-state index contributed by atoms with van der Waals surface area (Å²) in [6.45, 7) is 6.59. The summed E-state index contributed by atoms with van der Waals surface area (Å²) >= 11 is 1.55. The molecule has 2 rings (SSSR count). The first kappa shape index (κ1) is 11.8. The van der Waals surface area contributed by atoms with Crippen LogP contribution in [0.2, 0.25) is 0 Å². The molecule has 1 aromatic heterocycles. The van der Waals surface area contributed by atoms with Crippen LogP contribution in [0, 0.1) is 0 Å². The summed E-state index contributed by atoms with van der Waals surface area (Å²) < 4.78 is 5.56. The van der Waals surface area contributed by atoms with Gasteiger partial charge >= 0.3 is 0 Å². The van der Waals surface area contributed by atoms with Crippen molar-refractivity contribution in [2.24, 2.45) is 0 Å². The van der Waals surface area contributed by atoms with E-state index in [4.69, 9.17) is 4.74 Å². The van der Waals surface area contributed by atoms with Crippen LogP contribution < -0.4 is 0 Å². The lowest BCUT2D eigenvalue weighted by Gasteiger charge is -2.34. The maximum Gasteiger partial charge on any atom is 0.193 e. The maximum absolute atomic E-state index is 12.1. The van der Waals surface area contributed by atoms with Crippen molar-refractivity contribution in [1.29, 1.82) is 0 Å². The molecule has 16 heavy (non-hydrogen) atoms. The molecule has 1 aliphatic heterocycles. The van der Waals surface area contributed by atoms with Crippen LogP contribution >= 0.6 is 11.3 Å². The zero-order valence-electron chi connectivity index (χ0n) is 9.68. The Bertz CT molecular complexity index is 348. The Morgan fingerprint density at radius 1 is 1.62 bits per heavy atom. The maximum atomic E-state index is 12.1. The van der Waals surface area contributed by atoms with Crippen molar-refractivity contribution >= 4 is 17.1 Å². The highest BCUT2D eigenvalue weighted by atomic mass is 32.1. The van der Waals surface area contributed by atoms with Crippen LogP contribution in [0.25, 0.3) is 0 Å². The average Bonchev–Trinajstić information content (AvgIpc) is 2.81. The second-order valence-electron chi connectivity index (χ2n) is 4.32. The van der Waals surface area contributed by atoms with E-state index in [1.54, 1.807) is 11.3 Å². The number of hydrogen-bond donors (Lipinski definition) is 0. The van der Waals surface area contributed by atoms with E-state index < -0.39 is 0 Å². The van der Waals surface area contributed by atoms with Gasteiger partial charge in [-0.1, -0.05) is 0 Å². The molecule has 1 aliphatic rings. The first-order chi connectivity index (χ1) is 7.68. The van der Waals surface area contributed by atoms with Crippen molar-refractivity contribution < 1.29 is 9.53 Å². The van der Waals surface area contributed by atoms with E-state index in [1.165, 1.54) is 0 Å². The number of nitrogens with zero attached hydrogens (tertiary/aromatic N) is 1. The molecule has 1 atom stereocenters. The predicted octanol–water partition coefficient (Wildman–Crippen LogP) is 2.04. The molecular formula is C12H17NO2S. The van der Waals surface area contributed by atoms with E-state index in [1.807, 2.05) is 16.8 Å².